The lowest BCUT2D eigenvalue weighted by atomic mass is 9.99. The molecule has 5 aromatic carbocycles. The molecule has 3 N–H and O–H groups in total. The van der Waals surface area contributed by atoms with Crippen molar-refractivity contribution in [1.82, 2.24) is 5.32 Å². The highest BCUT2D eigenvalue weighted by Crippen LogP contribution is 2.33. The van der Waals surface area contributed by atoms with Gasteiger partial charge in [0.05, 0.1) is 11.3 Å². The Bertz CT molecular complexity index is 1730. The van der Waals surface area contributed by atoms with Crippen LogP contribution in [0.1, 0.15) is 27.0 Å². The third-order valence-electron chi connectivity index (χ3n) is 6.89. The number of halogens is 1. The first kappa shape index (κ1) is 29.4. The van der Waals surface area contributed by atoms with Crippen molar-refractivity contribution >= 4 is 34.9 Å². The van der Waals surface area contributed by atoms with E-state index >= 15 is 0 Å². The molecule has 43 heavy (non-hydrogen) atoms. The van der Waals surface area contributed by atoms with Crippen molar-refractivity contribution in [2.75, 3.05) is 5.32 Å². The van der Waals surface area contributed by atoms with Crippen LogP contribution in [0.4, 0.5) is 11.4 Å². The van der Waals surface area contributed by atoms with E-state index in [4.69, 9.17) is 16.3 Å². The van der Waals surface area contributed by atoms with Crippen LogP contribution in [0.3, 0.4) is 0 Å². The summed E-state index contributed by atoms with van der Waals surface area (Å²) in [6.45, 7) is 3.99. The van der Waals surface area contributed by atoms with Gasteiger partial charge < -0.3 is 20.5 Å². The molecule has 0 heterocycles. The van der Waals surface area contributed by atoms with Crippen LogP contribution >= 0.6 is 11.6 Å². The maximum absolute atomic E-state index is 13.4. The molecule has 216 valence electrons. The molecule has 5 rings (SSSR count). The average Bonchev–Trinajstić information content (AvgIpc) is 2.98. The Balaban J connectivity index is 1.32. The Morgan fingerprint density at radius 3 is 2.19 bits per heavy atom. The largest absolute Gasteiger partial charge is 0.480 e. The summed E-state index contributed by atoms with van der Waals surface area (Å²) in [6.07, 6.45) is 0.101. The van der Waals surface area contributed by atoms with E-state index < -0.39 is 17.9 Å². The van der Waals surface area contributed by atoms with Crippen LogP contribution in [-0.4, -0.2) is 23.0 Å². The Morgan fingerprint density at radius 2 is 1.49 bits per heavy atom. The molecule has 0 radical (unpaired) electrons. The molecule has 0 aliphatic carbocycles. The second-order valence-electron chi connectivity index (χ2n) is 10.4. The number of aryl methyl sites for hydroxylation is 2. The van der Waals surface area contributed by atoms with E-state index in [1.165, 1.54) is 6.07 Å². The van der Waals surface area contributed by atoms with Gasteiger partial charge in [-0.1, -0.05) is 78.3 Å². The maximum atomic E-state index is 13.4. The minimum atomic E-state index is -1.15. The lowest BCUT2D eigenvalue weighted by Gasteiger charge is -2.18. The molecule has 7 heteroatoms. The van der Waals surface area contributed by atoms with Gasteiger partial charge in [0.25, 0.3) is 5.91 Å². The Labute approximate surface area is 255 Å². The quantitative estimate of drug-likeness (QED) is 0.152. The summed E-state index contributed by atoms with van der Waals surface area (Å²) in [6, 6.07) is 34.6. The lowest BCUT2D eigenvalue weighted by Crippen LogP contribution is -2.42. The summed E-state index contributed by atoms with van der Waals surface area (Å²) in [5.41, 5.74) is 6.34. The summed E-state index contributed by atoms with van der Waals surface area (Å²) < 4.78 is 6.10. The zero-order valence-electron chi connectivity index (χ0n) is 23.8. The Kier molecular flexibility index (Phi) is 9.08. The zero-order chi connectivity index (χ0) is 30.3. The third-order valence-corrected chi connectivity index (χ3v) is 7.13. The number of carboxylic acids is 1. The van der Waals surface area contributed by atoms with E-state index in [0.717, 1.165) is 39.3 Å². The van der Waals surface area contributed by atoms with E-state index in [1.807, 2.05) is 105 Å². The molecule has 6 nitrogen and oxygen atoms in total. The second kappa shape index (κ2) is 13.3. The van der Waals surface area contributed by atoms with Crippen LogP contribution in [0, 0.1) is 13.8 Å². The van der Waals surface area contributed by atoms with Crippen molar-refractivity contribution in [3.8, 4) is 22.6 Å². The first-order chi connectivity index (χ1) is 20.7. The van der Waals surface area contributed by atoms with E-state index in [0.29, 0.717) is 16.5 Å². The SMILES string of the molecule is Cc1cc(C)cc(Nc2ccc(Cl)cc2C(=O)N[C@@H](Cc2ccc(-c3ccccc3Oc3ccccc3)cc2)C(=O)O)c1. The number of para-hydroxylation sites is 2. The number of anilines is 2. The fourth-order valence-corrected chi connectivity index (χ4v) is 5.09. The van der Waals surface area contributed by atoms with Gasteiger partial charge in [0, 0.05) is 22.7 Å². The van der Waals surface area contributed by atoms with Gasteiger partial charge in [-0.05, 0) is 84.6 Å². The van der Waals surface area contributed by atoms with Crippen molar-refractivity contribution in [3.63, 3.8) is 0 Å². The van der Waals surface area contributed by atoms with Crippen LogP contribution < -0.4 is 15.4 Å². The molecule has 5 aromatic rings. The predicted octanol–water partition coefficient (Wildman–Crippen LogP) is 8.59. The number of amides is 1. The Hall–Kier alpha value is -5.07. The molecule has 0 saturated carbocycles. The number of rotatable bonds is 10. The van der Waals surface area contributed by atoms with E-state index in [2.05, 4.69) is 16.7 Å². The highest BCUT2D eigenvalue weighted by molar-refractivity contribution is 6.31. The van der Waals surface area contributed by atoms with Gasteiger partial charge in [-0.3, -0.25) is 4.79 Å². The highest BCUT2D eigenvalue weighted by atomic mass is 35.5. The van der Waals surface area contributed by atoms with Gasteiger partial charge in [0.2, 0.25) is 0 Å². The summed E-state index contributed by atoms with van der Waals surface area (Å²) >= 11 is 6.23. The number of carbonyl (C=O) groups is 2. The van der Waals surface area contributed by atoms with Gasteiger partial charge in [0.15, 0.2) is 0 Å². The summed E-state index contributed by atoms with van der Waals surface area (Å²) in [5.74, 6) is -0.224. The topological polar surface area (TPSA) is 87.7 Å². The number of nitrogens with one attached hydrogen (secondary N) is 2. The lowest BCUT2D eigenvalue weighted by molar-refractivity contribution is -0.139. The van der Waals surface area contributed by atoms with Crippen molar-refractivity contribution in [2.24, 2.45) is 0 Å². The number of ether oxygens (including phenoxy) is 1. The maximum Gasteiger partial charge on any atom is 0.326 e. The first-order valence-corrected chi connectivity index (χ1v) is 14.2. The molecular formula is C36H31ClN2O4. The van der Waals surface area contributed by atoms with Crippen molar-refractivity contribution < 1.29 is 19.4 Å². The number of carbonyl (C=O) groups excluding carboxylic acids is 1. The predicted molar refractivity (Wildman–Crippen MR) is 172 cm³/mol. The molecule has 0 fully saturated rings. The fraction of sp³-hybridized carbons (Fsp3) is 0.111. The molecule has 0 bridgehead atoms. The van der Waals surface area contributed by atoms with Crippen LogP contribution in [0.15, 0.2) is 115 Å². The van der Waals surface area contributed by atoms with Gasteiger partial charge in [-0.25, -0.2) is 4.79 Å². The molecule has 0 unspecified atom stereocenters. The zero-order valence-corrected chi connectivity index (χ0v) is 24.6. The van der Waals surface area contributed by atoms with Crippen LogP contribution in [-0.2, 0) is 11.2 Å². The van der Waals surface area contributed by atoms with Crippen molar-refractivity contribution in [1.29, 1.82) is 0 Å². The smallest absolute Gasteiger partial charge is 0.326 e. The highest BCUT2D eigenvalue weighted by Gasteiger charge is 2.23. The number of hydrogen-bond acceptors (Lipinski definition) is 4. The van der Waals surface area contributed by atoms with Crippen LogP contribution in [0.5, 0.6) is 11.5 Å². The standard InChI is InChI=1S/C36H31ClN2O4/c1-23-18-24(2)20-28(19-23)38-32-17-16-27(37)22-31(32)35(40)39-33(36(41)42)21-25-12-14-26(15-13-25)30-10-6-7-11-34(30)43-29-8-4-3-5-9-29/h3-20,22,33,38H,21H2,1-2H3,(H,39,40)(H,41,42)/t33-/m0/s1. The van der Waals surface area contributed by atoms with Gasteiger partial charge in [-0.2, -0.15) is 0 Å². The third kappa shape index (κ3) is 7.61. The molecule has 0 spiro atoms. The molecule has 1 atom stereocenters. The van der Waals surface area contributed by atoms with E-state index in [1.54, 1.807) is 12.1 Å². The van der Waals surface area contributed by atoms with Gasteiger partial charge in [0.1, 0.15) is 17.5 Å². The average molecular weight is 591 g/mol. The van der Waals surface area contributed by atoms with Crippen molar-refractivity contribution in [3.05, 3.63) is 143 Å². The number of carboxylic acid groups (broad SMARTS) is 1. The molecule has 0 aliphatic heterocycles. The first-order valence-electron chi connectivity index (χ1n) is 13.8. The molecule has 0 saturated heterocycles. The molecule has 0 aliphatic rings. The summed E-state index contributed by atoms with van der Waals surface area (Å²) in [4.78, 5) is 25.6. The number of hydrogen-bond donors (Lipinski definition) is 3. The second-order valence-corrected chi connectivity index (χ2v) is 10.8. The van der Waals surface area contributed by atoms with E-state index in [-0.39, 0.29) is 12.0 Å². The fourth-order valence-electron chi connectivity index (χ4n) is 4.92. The van der Waals surface area contributed by atoms with Crippen molar-refractivity contribution in [2.45, 2.75) is 26.3 Å². The summed E-state index contributed by atoms with van der Waals surface area (Å²) in [5, 5.41) is 16.3. The van der Waals surface area contributed by atoms with Gasteiger partial charge >= 0.3 is 5.97 Å². The summed E-state index contributed by atoms with van der Waals surface area (Å²) in [7, 11) is 0. The monoisotopic (exact) mass is 590 g/mol. The van der Waals surface area contributed by atoms with E-state index in [9.17, 15) is 14.7 Å². The molecular weight excluding hydrogens is 560 g/mol. The molecule has 0 aromatic heterocycles. The minimum Gasteiger partial charge on any atom is -0.480 e. The van der Waals surface area contributed by atoms with Crippen LogP contribution in [0.25, 0.3) is 11.1 Å². The minimum absolute atomic E-state index is 0.101. The number of aliphatic carboxylic acids is 1. The Morgan fingerprint density at radius 1 is 0.814 bits per heavy atom. The number of benzene rings is 5. The normalized spacial score (nSPS) is 11.4. The molecule has 1 amide bonds. The van der Waals surface area contributed by atoms with Crippen LogP contribution in [0.2, 0.25) is 5.02 Å². The van der Waals surface area contributed by atoms with Gasteiger partial charge in [-0.15, -0.1) is 0 Å².